The fourth-order valence-electron chi connectivity index (χ4n) is 7.28. The Bertz CT molecular complexity index is 987. The quantitative estimate of drug-likeness (QED) is 0.245. The molecule has 228 valence electrons. The van der Waals surface area contributed by atoms with Crippen LogP contribution < -0.4 is 4.74 Å². The van der Waals surface area contributed by atoms with Gasteiger partial charge in [-0.2, -0.15) is 39.5 Å². The fourth-order valence-corrected chi connectivity index (χ4v) is 7.28. The molecule has 0 amide bonds. The van der Waals surface area contributed by atoms with E-state index in [1.807, 2.05) is 12.1 Å². The Labute approximate surface area is 226 Å². The number of fused-ring (bicyclic) bond motifs is 5. The Morgan fingerprint density at radius 1 is 0.875 bits per heavy atom. The predicted molar refractivity (Wildman–Crippen MR) is 125 cm³/mol. The molecule has 1 unspecified atom stereocenters. The van der Waals surface area contributed by atoms with Gasteiger partial charge in [0, 0.05) is 6.61 Å². The van der Waals surface area contributed by atoms with E-state index < -0.39 is 37.2 Å². The van der Waals surface area contributed by atoms with Gasteiger partial charge in [-0.3, -0.25) is 0 Å². The van der Waals surface area contributed by atoms with Crippen LogP contribution in [0.4, 0.5) is 39.5 Å². The molecule has 1 aromatic rings. The Morgan fingerprint density at radius 2 is 1.55 bits per heavy atom. The number of hydrogen-bond acceptors (Lipinski definition) is 4. The van der Waals surface area contributed by atoms with Gasteiger partial charge < -0.3 is 19.3 Å². The highest BCUT2D eigenvalue weighted by Gasteiger charge is 2.85. The minimum absolute atomic E-state index is 0.0756. The lowest BCUT2D eigenvalue weighted by Gasteiger charge is -2.50. The van der Waals surface area contributed by atoms with Gasteiger partial charge in [0.15, 0.2) is 0 Å². The summed E-state index contributed by atoms with van der Waals surface area (Å²) in [6.45, 7) is 0.493. The van der Waals surface area contributed by atoms with E-state index in [9.17, 15) is 39.5 Å². The summed E-state index contributed by atoms with van der Waals surface area (Å²) in [5.74, 6) is 1.75. The molecule has 1 aromatic carbocycles. The van der Waals surface area contributed by atoms with Crippen LogP contribution in [0, 0.1) is 17.3 Å². The molecule has 5 atom stereocenters. The largest absolute Gasteiger partial charge is 0.491 e. The van der Waals surface area contributed by atoms with Gasteiger partial charge in [-0.05, 0) is 91.4 Å². The predicted octanol–water partition coefficient (Wildman–Crippen LogP) is 7.13. The number of alkyl halides is 9. The molecule has 4 nitrogen and oxygen atoms in total. The van der Waals surface area contributed by atoms with Crippen molar-refractivity contribution >= 4 is 0 Å². The first kappa shape index (κ1) is 31.2. The van der Waals surface area contributed by atoms with Crippen molar-refractivity contribution < 1.29 is 58.8 Å². The van der Waals surface area contributed by atoms with Crippen molar-refractivity contribution in [3.05, 3.63) is 29.3 Å². The minimum atomic E-state index is -6.73. The molecule has 0 radical (unpaired) electrons. The average molecular weight is 593 g/mol. The third-order valence-electron chi connectivity index (χ3n) is 9.09. The lowest BCUT2D eigenvalue weighted by atomic mass is 9.55. The van der Waals surface area contributed by atoms with E-state index in [1.165, 1.54) is 11.1 Å². The molecule has 0 spiro atoms. The molecule has 2 saturated carbocycles. The Balaban J connectivity index is 1.36. The molecular weight excluding hydrogens is 559 g/mol. The van der Waals surface area contributed by atoms with Crippen LogP contribution in [-0.4, -0.2) is 61.8 Å². The van der Waals surface area contributed by atoms with Gasteiger partial charge in [0.1, 0.15) is 12.4 Å². The summed E-state index contributed by atoms with van der Waals surface area (Å²) in [4.78, 5) is 0. The Morgan fingerprint density at radius 3 is 2.17 bits per heavy atom. The van der Waals surface area contributed by atoms with Gasteiger partial charge in [0.2, 0.25) is 0 Å². The third-order valence-corrected chi connectivity index (χ3v) is 9.09. The van der Waals surface area contributed by atoms with Crippen molar-refractivity contribution in [1.82, 2.24) is 0 Å². The lowest BCUT2D eigenvalue weighted by molar-refractivity contribution is -0.457. The second-order valence-corrected chi connectivity index (χ2v) is 11.2. The van der Waals surface area contributed by atoms with Crippen LogP contribution >= 0.6 is 0 Å². The highest BCUT2D eigenvalue weighted by molar-refractivity contribution is 5.40. The summed E-state index contributed by atoms with van der Waals surface area (Å²) >= 11 is 0. The normalized spacial score (nSPS) is 29.1. The summed E-state index contributed by atoms with van der Waals surface area (Å²) in [7, 11) is 0. The zero-order valence-electron chi connectivity index (χ0n) is 21.9. The van der Waals surface area contributed by atoms with Crippen LogP contribution in [0.2, 0.25) is 0 Å². The van der Waals surface area contributed by atoms with Crippen LogP contribution in [0.5, 0.6) is 5.75 Å². The lowest BCUT2D eigenvalue weighted by Crippen LogP contribution is -2.67. The molecule has 3 aliphatic rings. The van der Waals surface area contributed by atoms with Crippen molar-refractivity contribution in [2.45, 2.75) is 88.0 Å². The summed E-state index contributed by atoms with van der Waals surface area (Å²) in [6, 6.07) is 5.99. The number of aliphatic hydroxyl groups is 1. The standard InChI is InChI=1S/C27H33F9O4/c1-23-10-9-19-18-6-4-17(38-14-11-37)15-16(18)3-5-20(19)21(23)7-8-22(23)39-12-2-13-40-24(25(28,29)30,26(31,32)33)27(34,35)36/h4,6,15,19-22,37H,2-3,5,7-14H2,1H3/t19-,20?,21+,22+,23+/m1/s1. The van der Waals surface area contributed by atoms with Crippen LogP contribution in [0.25, 0.3) is 0 Å². The van der Waals surface area contributed by atoms with Crippen molar-refractivity contribution in [2.75, 3.05) is 26.4 Å². The first-order valence-electron chi connectivity index (χ1n) is 13.4. The van der Waals surface area contributed by atoms with Crippen LogP contribution in [0.3, 0.4) is 0 Å². The van der Waals surface area contributed by atoms with Gasteiger partial charge in [0.05, 0.1) is 19.3 Å². The average Bonchev–Trinajstić information content (AvgIpc) is 3.18. The molecule has 40 heavy (non-hydrogen) atoms. The third kappa shape index (κ3) is 5.42. The molecule has 0 heterocycles. The minimum Gasteiger partial charge on any atom is -0.491 e. The van der Waals surface area contributed by atoms with E-state index in [0.717, 1.165) is 32.1 Å². The number of ether oxygens (including phenoxy) is 3. The van der Waals surface area contributed by atoms with Crippen LogP contribution in [0.15, 0.2) is 18.2 Å². The smallest absolute Gasteiger partial charge is 0.435 e. The summed E-state index contributed by atoms with van der Waals surface area (Å²) in [5.41, 5.74) is -4.01. The maximum absolute atomic E-state index is 13.0. The van der Waals surface area contributed by atoms with Gasteiger partial charge in [-0.15, -0.1) is 0 Å². The first-order chi connectivity index (χ1) is 18.6. The van der Waals surface area contributed by atoms with E-state index in [-0.39, 0.29) is 31.3 Å². The van der Waals surface area contributed by atoms with Crippen LogP contribution in [-0.2, 0) is 15.9 Å². The zero-order valence-corrected chi connectivity index (χ0v) is 21.9. The molecule has 0 saturated heterocycles. The SMILES string of the molecule is C[C@]12CC[C@@H]3c4ccc(OCCO)cc4CCC3[C@@H]1CC[C@@H]2OCCCOC(C(F)(F)F)(C(F)(F)F)C(F)(F)F. The molecule has 0 aliphatic heterocycles. The van der Waals surface area contributed by atoms with Gasteiger partial charge in [-0.1, -0.05) is 13.0 Å². The number of hydrogen-bond donors (Lipinski definition) is 1. The summed E-state index contributed by atoms with van der Waals surface area (Å²) in [6.07, 6.45) is -16.0. The van der Waals surface area contributed by atoms with Gasteiger partial charge >= 0.3 is 24.1 Å². The fraction of sp³-hybridized carbons (Fsp3) is 0.778. The number of halogens is 9. The van der Waals surface area contributed by atoms with Crippen molar-refractivity contribution in [1.29, 1.82) is 0 Å². The second kappa shape index (κ2) is 11.2. The second-order valence-electron chi connectivity index (χ2n) is 11.2. The number of aryl methyl sites for hydroxylation is 1. The topological polar surface area (TPSA) is 47.9 Å². The van der Waals surface area contributed by atoms with Gasteiger partial charge in [0.25, 0.3) is 0 Å². The summed E-state index contributed by atoms with van der Waals surface area (Å²) in [5, 5.41) is 8.99. The van der Waals surface area contributed by atoms with E-state index >= 15 is 0 Å². The zero-order chi connectivity index (χ0) is 29.6. The maximum Gasteiger partial charge on any atom is 0.435 e. The molecule has 0 bridgehead atoms. The van der Waals surface area contributed by atoms with Crippen molar-refractivity contribution in [2.24, 2.45) is 17.3 Å². The Hall–Kier alpha value is -1.73. The maximum atomic E-state index is 13.0. The monoisotopic (exact) mass is 592 g/mol. The van der Waals surface area contributed by atoms with Gasteiger partial charge in [-0.25, -0.2) is 0 Å². The highest BCUT2D eigenvalue weighted by atomic mass is 19.4. The van der Waals surface area contributed by atoms with Crippen molar-refractivity contribution in [3.63, 3.8) is 0 Å². The molecule has 13 heteroatoms. The first-order valence-corrected chi connectivity index (χ1v) is 13.4. The van der Waals surface area contributed by atoms with E-state index in [0.29, 0.717) is 29.9 Å². The van der Waals surface area contributed by atoms with E-state index in [2.05, 4.69) is 17.7 Å². The molecular formula is C27H33F9O4. The number of benzene rings is 1. The van der Waals surface area contributed by atoms with Crippen molar-refractivity contribution in [3.8, 4) is 5.75 Å². The van der Waals surface area contributed by atoms with E-state index in [1.54, 1.807) is 0 Å². The Kier molecular flexibility index (Phi) is 8.71. The molecule has 0 aromatic heterocycles. The van der Waals surface area contributed by atoms with E-state index in [4.69, 9.17) is 14.6 Å². The molecule has 2 fully saturated rings. The molecule has 3 aliphatic carbocycles. The number of aliphatic hydroxyl groups excluding tert-OH is 1. The molecule has 4 rings (SSSR count). The number of rotatable bonds is 9. The molecule has 1 N–H and O–H groups in total. The van der Waals surface area contributed by atoms with Crippen LogP contribution in [0.1, 0.15) is 62.5 Å². The highest BCUT2D eigenvalue weighted by Crippen LogP contribution is 2.62. The summed E-state index contributed by atoms with van der Waals surface area (Å²) < 4.78 is 132.